The Labute approximate surface area is 99.8 Å². The van der Waals surface area contributed by atoms with Gasteiger partial charge < -0.3 is 10.1 Å². The second-order valence-electron chi connectivity index (χ2n) is 2.97. The molecular formula is C10H13ClN2OS. The van der Waals surface area contributed by atoms with Gasteiger partial charge in [0.25, 0.3) is 0 Å². The molecule has 1 aromatic rings. The molecule has 0 aliphatic heterocycles. The van der Waals surface area contributed by atoms with Crippen LogP contribution in [-0.4, -0.2) is 22.6 Å². The van der Waals surface area contributed by atoms with Gasteiger partial charge in [0.2, 0.25) is 0 Å². The Morgan fingerprint density at radius 3 is 2.93 bits per heavy atom. The Bertz CT molecular complexity index is 329. The van der Waals surface area contributed by atoms with E-state index < -0.39 is 0 Å². The van der Waals surface area contributed by atoms with Crippen molar-refractivity contribution in [3.8, 4) is 5.75 Å². The van der Waals surface area contributed by atoms with Crippen molar-refractivity contribution >= 4 is 28.8 Å². The Morgan fingerprint density at radius 1 is 1.67 bits per heavy atom. The lowest BCUT2D eigenvalue weighted by Gasteiger charge is -2.16. The molecule has 0 saturated carbocycles. The lowest BCUT2D eigenvalue weighted by molar-refractivity contribution is 0.284. The Morgan fingerprint density at radius 2 is 2.40 bits per heavy atom. The predicted octanol–water partition coefficient (Wildman–Crippen LogP) is 2.44. The molecule has 0 amide bonds. The third-order valence-corrected chi connectivity index (χ3v) is 2.43. The van der Waals surface area contributed by atoms with Gasteiger partial charge in [0, 0.05) is 6.54 Å². The van der Waals surface area contributed by atoms with E-state index in [1.54, 1.807) is 18.3 Å². The van der Waals surface area contributed by atoms with E-state index in [1.807, 2.05) is 13.8 Å². The van der Waals surface area contributed by atoms with E-state index in [2.05, 4.69) is 10.3 Å². The molecule has 1 unspecified atom stereocenters. The monoisotopic (exact) mass is 244 g/mol. The highest BCUT2D eigenvalue weighted by Gasteiger charge is 2.09. The first kappa shape index (κ1) is 12.2. The molecule has 1 atom stereocenters. The number of rotatable bonds is 4. The van der Waals surface area contributed by atoms with Gasteiger partial charge in [-0.1, -0.05) is 23.8 Å². The zero-order chi connectivity index (χ0) is 11.3. The van der Waals surface area contributed by atoms with E-state index in [-0.39, 0.29) is 6.10 Å². The van der Waals surface area contributed by atoms with Crippen LogP contribution in [0.4, 0.5) is 0 Å². The second-order valence-corrected chi connectivity index (χ2v) is 3.80. The topological polar surface area (TPSA) is 34.1 Å². The number of halogens is 1. The summed E-state index contributed by atoms with van der Waals surface area (Å²) in [5, 5.41) is 3.49. The first-order chi connectivity index (χ1) is 7.13. The second kappa shape index (κ2) is 5.88. The molecule has 0 radical (unpaired) electrons. The van der Waals surface area contributed by atoms with Crippen molar-refractivity contribution in [3.63, 3.8) is 0 Å². The van der Waals surface area contributed by atoms with Crippen LogP contribution in [0.15, 0.2) is 18.3 Å². The molecule has 1 heterocycles. The van der Waals surface area contributed by atoms with E-state index in [1.165, 1.54) is 0 Å². The van der Waals surface area contributed by atoms with E-state index in [9.17, 15) is 0 Å². The van der Waals surface area contributed by atoms with Crippen LogP contribution in [0.3, 0.4) is 0 Å². The largest absolute Gasteiger partial charge is 0.482 e. The van der Waals surface area contributed by atoms with E-state index in [0.29, 0.717) is 15.9 Å². The van der Waals surface area contributed by atoms with Crippen LogP contribution in [0.5, 0.6) is 5.75 Å². The number of hydrogen-bond acceptors (Lipinski definition) is 3. The molecule has 0 aliphatic rings. The first-order valence-electron chi connectivity index (χ1n) is 4.69. The number of nitrogens with zero attached hydrogens (tertiary/aromatic N) is 1. The maximum Gasteiger partial charge on any atom is 0.146 e. The lowest BCUT2D eigenvalue weighted by Crippen LogP contribution is -2.34. The molecule has 0 fully saturated rings. The fourth-order valence-corrected chi connectivity index (χ4v) is 1.31. The maximum absolute atomic E-state index is 5.66. The highest BCUT2D eigenvalue weighted by atomic mass is 35.5. The molecule has 3 nitrogen and oxygen atoms in total. The minimum atomic E-state index is -0.164. The highest BCUT2D eigenvalue weighted by Crippen LogP contribution is 2.13. The number of nitrogens with one attached hydrogen (secondary N) is 1. The normalized spacial score (nSPS) is 11.9. The zero-order valence-electron chi connectivity index (χ0n) is 8.66. The molecule has 0 bridgehead atoms. The van der Waals surface area contributed by atoms with Gasteiger partial charge in [0.15, 0.2) is 0 Å². The summed E-state index contributed by atoms with van der Waals surface area (Å²) < 4.78 is 5.56. The van der Waals surface area contributed by atoms with Crippen molar-refractivity contribution in [1.29, 1.82) is 0 Å². The van der Waals surface area contributed by atoms with Gasteiger partial charge in [-0.25, -0.2) is 4.98 Å². The fraction of sp³-hybridized carbons (Fsp3) is 0.400. The van der Waals surface area contributed by atoms with Crippen molar-refractivity contribution in [1.82, 2.24) is 10.3 Å². The molecule has 5 heteroatoms. The average Bonchev–Trinajstić information content (AvgIpc) is 2.22. The highest BCUT2D eigenvalue weighted by molar-refractivity contribution is 7.80. The van der Waals surface area contributed by atoms with Crippen LogP contribution >= 0.6 is 23.8 Å². The first-order valence-corrected chi connectivity index (χ1v) is 5.48. The lowest BCUT2D eigenvalue weighted by atomic mass is 10.4. The Kier molecular flexibility index (Phi) is 4.78. The summed E-state index contributed by atoms with van der Waals surface area (Å²) in [6.45, 7) is 4.67. The number of hydrogen-bond donors (Lipinski definition) is 1. The summed E-state index contributed by atoms with van der Waals surface area (Å²) in [5.74, 6) is 0.659. The van der Waals surface area contributed by atoms with Crippen LogP contribution < -0.4 is 10.1 Å². The van der Waals surface area contributed by atoms with E-state index in [0.717, 1.165) is 6.54 Å². The quantitative estimate of drug-likeness (QED) is 0.652. The van der Waals surface area contributed by atoms with Gasteiger partial charge in [-0.2, -0.15) is 0 Å². The fourth-order valence-electron chi connectivity index (χ4n) is 1.01. The molecule has 82 valence electrons. The number of likely N-dealkylation sites (N-methyl/N-ethyl adjacent to an activating group) is 1. The molecule has 0 saturated heterocycles. The minimum absolute atomic E-state index is 0.164. The van der Waals surface area contributed by atoms with Crippen LogP contribution in [0.25, 0.3) is 0 Å². The van der Waals surface area contributed by atoms with Crippen LogP contribution in [0.1, 0.15) is 13.8 Å². The smallest absolute Gasteiger partial charge is 0.146 e. The SMILES string of the molecule is CCNC(=S)C(C)Oc1ccc(Cl)nc1. The minimum Gasteiger partial charge on any atom is -0.482 e. The van der Waals surface area contributed by atoms with E-state index in [4.69, 9.17) is 28.6 Å². The third-order valence-electron chi connectivity index (χ3n) is 1.73. The van der Waals surface area contributed by atoms with Crippen LogP contribution in [-0.2, 0) is 0 Å². The number of ether oxygens (including phenoxy) is 1. The van der Waals surface area contributed by atoms with Gasteiger partial charge >= 0.3 is 0 Å². The molecule has 1 aromatic heterocycles. The Hall–Kier alpha value is -0.870. The van der Waals surface area contributed by atoms with Crippen LogP contribution in [0, 0.1) is 0 Å². The molecule has 0 aromatic carbocycles. The van der Waals surface area contributed by atoms with Gasteiger partial charge in [0.05, 0.1) is 6.20 Å². The standard InChI is InChI=1S/C10H13ClN2OS/c1-3-12-10(15)7(2)14-8-4-5-9(11)13-6-8/h4-7H,3H2,1-2H3,(H,12,15). The average molecular weight is 245 g/mol. The van der Waals surface area contributed by atoms with E-state index >= 15 is 0 Å². The number of thiocarbonyl (C=S) groups is 1. The van der Waals surface area contributed by atoms with Crippen molar-refractivity contribution in [3.05, 3.63) is 23.5 Å². The summed E-state index contributed by atoms with van der Waals surface area (Å²) in [4.78, 5) is 4.60. The predicted molar refractivity (Wildman–Crippen MR) is 65.6 cm³/mol. The summed E-state index contributed by atoms with van der Waals surface area (Å²) in [6.07, 6.45) is 1.41. The van der Waals surface area contributed by atoms with Crippen molar-refractivity contribution in [2.45, 2.75) is 20.0 Å². The summed E-state index contributed by atoms with van der Waals surface area (Å²) in [6, 6.07) is 3.44. The molecular weight excluding hydrogens is 232 g/mol. The van der Waals surface area contributed by atoms with Crippen molar-refractivity contribution in [2.24, 2.45) is 0 Å². The van der Waals surface area contributed by atoms with Gasteiger partial charge in [-0.05, 0) is 26.0 Å². The molecule has 0 aliphatic carbocycles. The summed E-state index contributed by atoms with van der Waals surface area (Å²) in [7, 11) is 0. The molecule has 1 N–H and O–H groups in total. The summed E-state index contributed by atoms with van der Waals surface area (Å²) >= 11 is 10.8. The zero-order valence-corrected chi connectivity index (χ0v) is 10.2. The van der Waals surface area contributed by atoms with Gasteiger partial charge in [-0.3, -0.25) is 0 Å². The van der Waals surface area contributed by atoms with Crippen molar-refractivity contribution < 1.29 is 4.74 Å². The van der Waals surface area contributed by atoms with Crippen molar-refractivity contribution in [2.75, 3.05) is 6.54 Å². The summed E-state index contributed by atoms with van der Waals surface area (Å²) in [5.41, 5.74) is 0. The van der Waals surface area contributed by atoms with Gasteiger partial charge in [-0.15, -0.1) is 0 Å². The molecule has 1 rings (SSSR count). The molecule has 0 spiro atoms. The Balaban J connectivity index is 2.54. The maximum atomic E-state index is 5.66. The third kappa shape index (κ3) is 4.01. The van der Waals surface area contributed by atoms with Gasteiger partial charge in [0.1, 0.15) is 22.0 Å². The number of aromatic nitrogens is 1. The number of pyridine rings is 1. The molecule has 15 heavy (non-hydrogen) atoms. The van der Waals surface area contributed by atoms with Crippen LogP contribution in [0.2, 0.25) is 5.15 Å².